The summed E-state index contributed by atoms with van der Waals surface area (Å²) in [4.78, 5) is 16.9. The zero-order chi connectivity index (χ0) is 15.5. The Labute approximate surface area is 130 Å². The third-order valence-corrected chi connectivity index (χ3v) is 3.98. The molecule has 4 heteroatoms. The molecule has 0 aliphatic heterocycles. The van der Waals surface area contributed by atoms with Crippen LogP contribution in [0, 0.1) is 6.92 Å². The van der Waals surface area contributed by atoms with Gasteiger partial charge in [-0.2, -0.15) is 0 Å². The van der Waals surface area contributed by atoms with E-state index in [4.69, 9.17) is 4.98 Å². The van der Waals surface area contributed by atoms with Crippen LogP contribution in [-0.4, -0.2) is 14.0 Å². The van der Waals surface area contributed by atoms with E-state index in [-0.39, 0.29) is 5.56 Å². The molecule has 0 radical (unpaired) electrons. The standard InChI is InChI=1S/C18H21N3O/c1-3-4-8-11-20-14(2)12-17(22)21-13-16(19-18(20)21)15-9-6-5-7-10-15/h5-7,9-10,12-13H,3-4,8,11H2,1-2H3. The number of unbranched alkanes of at least 4 members (excludes halogenated alkanes) is 2. The number of aromatic nitrogens is 3. The van der Waals surface area contributed by atoms with Gasteiger partial charge in [-0.3, -0.25) is 9.20 Å². The van der Waals surface area contributed by atoms with Crippen LogP contribution in [0.5, 0.6) is 0 Å². The van der Waals surface area contributed by atoms with Crippen molar-refractivity contribution < 1.29 is 0 Å². The second kappa shape index (κ2) is 6.18. The van der Waals surface area contributed by atoms with Gasteiger partial charge in [0.15, 0.2) is 0 Å². The van der Waals surface area contributed by atoms with Crippen LogP contribution < -0.4 is 5.56 Å². The summed E-state index contributed by atoms with van der Waals surface area (Å²) < 4.78 is 3.80. The molecule has 2 aromatic heterocycles. The molecule has 2 heterocycles. The summed E-state index contributed by atoms with van der Waals surface area (Å²) in [5, 5.41) is 0. The van der Waals surface area contributed by atoms with Crippen molar-refractivity contribution in [3.63, 3.8) is 0 Å². The van der Waals surface area contributed by atoms with E-state index < -0.39 is 0 Å². The third kappa shape index (κ3) is 2.69. The zero-order valence-electron chi connectivity index (χ0n) is 13.1. The minimum atomic E-state index is -0.0195. The normalized spacial score (nSPS) is 11.2. The predicted molar refractivity (Wildman–Crippen MR) is 89.2 cm³/mol. The molecule has 0 fully saturated rings. The molecule has 0 unspecified atom stereocenters. The highest BCUT2D eigenvalue weighted by molar-refractivity contribution is 5.61. The molecule has 0 saturated carbocycles. The van der Waals surface area contributed by atoms with Crippen molar-refractivity contribution in [2.24, 2.45) is 0 Å². The van der Waals surface area contributed by atoms with Gasteiger partial charge >= 0.3 is 0 Å². The van der Waals surface area contributed by atoms with E-state index in [1.54, 1.807) is 10.5 Å². The average Bonchev–Trinajstić information content (AvgIpc) is 2.97. The lowest BCUT2D eigenvalue weighted by molar-refractivity contribution is 0.590. The Morgan fingerprint density at radius 1 is 1.14 bits per heavy atom. The molecule has 0 atom stereocenters. The highest BCUT2D eigenvalue weighted by Gasteiger charge is 2.11. The van der Waals surface area contributed by atoms with Crippen molar-refractivity contribution >= 4 is 5.78 Å². The second-order valence-electron chi connectivity index (χ2n) is 5.64. The summed E-state index contributed by atoms with van der Waals surface area (Å²) in [6, 6.07) is 11.7. The van der Waals surface area contributed by atoms with E-state index in [0.717, 1.165) is 35.7 Å². The molecule has 114 valence electrons. The number of hydrogen-bond donors (Lipinski definition) is 0. The first-order chi connectivity index (χ1) is 10.7. The molecule has 0 spiro atoms. The van der Waals surface area contributed by atoms with Gasteiger partial charge in [-0.05, 0) is 13.3 Å². The minimum absolute atomic E-state index is 0.0195. The number of rotatable bonds is 5. The van der Waals surface area contributed by atoms with Gasteiger partial charge in [0.25, 0.3) is 5.56 Å². The van der Waals surface area contributed by atoms with Gasteiger partial charge in [-0.15, -0.1) is 0 Å². The van der Waals surface area contributed by atoms with Crippen LogP contribution >= 0.6 is 0 Å². The van der Waals surface area contributed by atoms with Crippen LogP contribution in [0.1, 0.15) is 31.9 Å². The second-order valence-corrected chi connectivity index (χ2v) is 5.64. The number of nitrogens with zero attached hydrogens (tertiary/aromatic N) is 3. The van der Waals surface area contributed by atoms with Gasteiger partial charge in [-0.1, -0.05) is 50.1 Å². The topological polar surface area (TPSA) is 39.3 Å². The van der Waals surface area contributed by atoms with Crippen LogP contribution in [0.15, 0.2) is 47.4 Å². The van der Waals surface area contributed by atoms with Crippen LogP contribution in [0.2, 0.25) is 0 Å². The predicted octanol–water partition coefficient (Wildman–Crippen LogP) is 3.66. The van der Waals surface area contributed by atoms with Crippen molar-refractivity contribution in [1.82, 2.24) is 14.0 Å². The summed E-state index contributed by atoms with van der Waals surface area (Å²) in [6.45, 7) is 5.07. The summed E-state index contributed by atoms with van der Waals surface area (Å²) >= 11 is 0. The Bertz CT molecular complexity index is 831. The lowest BCUT2D eigenvalue weighted by Gasteiger charge is -2.11. The Hall–Kier alpha value is -2.36. The van der Waals surface area contributed by atoms with Crippen molar-refractivity contribution in [2.45, 2.75) is 39.7 Å². The van der Waals surface area contributed by atoms with Crippen molar-refractivity contribution in [2.75, 3.05) is 0 Å². The van der Waals surface area contributed by atoms with E-state index in [2.05, 4.69) is 11.5 Å². The first-order valence-electron chi connectivity index (χ1n) is 7.85. The smallest absolute Gasteiger partial charge is 0.259 e. The molecular formula is C18H21N3O. The Kier molecular flexibility index (Phi) is 4.09. The van der Waals surface area contributed by atoms with Gasteiger partial charge in [0.05, 0.1) is 5.69 Å². The number of hydrogen-bond acceptors (Lipinski definition) is 2. The van der Waals surface area contributed by atoms with Crippen LogP contribution in [0.4, 0.5) is 0 Å². The molecule has 3 aromatic rings. The third-order valence-electron chi connectivity index (χ3n) is 3.98. The first kappa shape index (κ1) is 14.6. The molecule has 0 saturated heterocycles. The summed E-state index contributed by atoms with van der Waals surface area (Å²) in [5.41, 5.74) is 2.82. The number of benzene rings is 1. The number of fused-ring (bicyclic) bond motifs is 1. The maximum atomic E-state index is 12.2. The highest BCUT2D eigenvalue weighted by atomic mass is 16.1. The monoisotopic (exact) mass is 295 g/mol. The zero-order valence-corrected chi connectivity index (χ0v) is 13.1. The number of imidazole rings is 1. The fraction of sp³-hybridized carbons (Fsp3) is 0.333. The van der Waals surface area contributed by atoms with Gasteiger partial charge in [-0.25, -0.2) is 4.98 Å². The van der Waals surface area contributed by atoms with Crippen LogP contribution in [0.3, 0.4) is 0 Å². The van der Waals surface area contributed by atoms with E-state index in [1.165, 1.54) is 12.8 Å². The summed E-state index contributed by atoms with van der Waals surface area (Å²) in [6.07, 6.45) is 5.30. The van der Waals surface area contributed by atoms with Crippen molar-refractivity contribution in [3.8, 4) is 11.3 Å². The fourth-order valence-electron chi connectivity index (χ4n) is 2.75. The van der Waals surface area contributed by atoms with Crippen LogP contribution in [-0.2, 0) is 6.54 Å². The fourth-order valence-corrected chi connectivity index (χ4v) is 2.75. The average molecular weight is 295 g/mol. The molecule has 0 bridgehead atoms. The Balaban J connectivity index is 2.11. The lowest BCUT2D eigenvalue weighted by atomic mass is 10.2. The van der Waals surface area contributed by atoms with Gasteiger partial charge < -0.3 is 4.57 Å². The largest absolute Gasteiger partial charge is 0.315 e. The maximum absolute atomic E-state index is 12.2. The SMILES string of the molecule is CCCCCn1c(C)cc(=O)n2cc(-c3ccccc3)nc12. The molecular weight excluding hydrogens is 274 g/mol. The summed E-state index contributed by atoms with van der Waals surface area (Å²) in [5.74, 6) is 0.736. The molecule has 0 aliphatic rings. The molecule has 0 aliphatic carbocycles. The molecule has 1 aromatic carbocycles. The molecule has 4 nitrogen and oxygen atoms in total. The molecule has 22 heavy (non-hydrogen) atoms. The molecule has 0 N–H and O–H groups in total. The van der Waals surface area contributed by atoms with E-state index in [9.17, 15) is 4.79 Å². The van der Waals surface area contributed by atoms with Gasteiger partial charge in [0.2, 0.25) is 5.78 Å². The van der Waals surface area contributed by atoms with Crippen molar-refractivity contribution in [1.29, 1.82) is 0 Å². The highest BCUT2D eigenvalue weighted by Crippen LogP contribution is 2.18. The lowest BCUT2D eigenvalue weighted by Crippen LogP contribution is -2.18. The van der Waals surface area contributed by atoms with E-state index >= 15 is 0 Å². The van der Waals surface area contributed by atoms with Gasteiger partial charge in [0, 0.05) is 30.1 Å². The van der Waals surface area contributed by atoms with Crippen LogP contribution in [0.25, 0.3) is 17.0 Å². The van der Waals surface area contributed by atoms with Crippen molar-refractivity contribution in [3.05, 3.63) is 58.6 Å². The van der Waals surface area contributed by atoms with E-state index in [0.29, 0.717) is 0 Å². The molecule has 3 rings (SSSR count). The first-order valence-corrected chi connectivity index (χ1v) is 7.85. The maximum Gasteiger partial charge on any atom is 0.259 e. The minimum Gasteiger partial charge on any atom is -0.315 e. The Morgan fingerprint density at radius 2 is 1.91 bits per heavy atom. The summed E-state index contributed by atoms with van der Waals surface area (Å²) in [7, 11) is 0. The van der Waals surface area contributed by atoms with Gasteiger partial charge in [0.1, 0.15) is 0 Å². The van der Waals surface area contributed by atoms with E-state index in [1.807, 2.05) is 43.5 Å². The molecule has 0 amide bonds. The quantitative estimate of drug-likeness (QED) is 0.674. The number of aryl methyl sites for hydroxylation is 2. The Morgan fingerprint density at radius 3 is 2.64 bits per heavy atom.